The van der Waals surface area contributed by atoms with Crippen LogP contribution in [0.2, 0.25) is 0 Å². The van der Waals surface area contributed by atoms with E-state index in [4.69, 9.17) is 0 Å². The van der Waals surface area contributed by atoms with Gasteiger partial charge in [0.1, 0.15) is 12.4 Å². The van der Waals surface area contributed by atoms with Crippen LogP contribution in [0.4, 0.5) is 4.39 Å². The summed E-state index contributed by atoms with van der Waals surface area (Å²) < 4.78 is 14.7. The zero-order valence-electron chi connectivity index (χ0n) is 16.0. The summed E-state index contributed by atoms with van der Waals surface area (Å²) in [6.07, 6.45) is 5.82. The number of aryl methyl sites for hydroxylation is 1. The van der Waals surface area contributed by atoms with Crippen molar-refractivity contribution in [2.75, 3.05) is 0 Å². The molecule has 2 aliphatic rings. The fourth-order valence-corrected chi connectivity index (χ4v) is 4.45. The van der Waals surface area contributed by atoms with Crippen LogP contribution in [0.15, 0.2) is 36.5 Å². The molecule has 6 nitrogen and oxygen atoms in total. The number of nitrogens with zero attached hydrogens (tertiary/aromatic N) is 2. The number of benzene rings is 1. The average molecular weight is 384 g/mol. The molecule has 7 heteroatoms. The molecule has 2 amide bonds. The first kappa shape index (κ1) is 18.7. The maximum Gasteiger partial charge on any atom is 0.241 e. The zero-order chi connectivity index (χ0) is 19.7. The minimum absolute atomic E-state index is 0.0206. The van der Waals surface area contributed by atoms with Gasteiger partial charge in [0.2, 0.25) is 11.8 Å². The van der Waals surface area contributed by atoms with Gasteiger partial charge in [-0.25, -0.2) is 4.39 Å². The van der Waals surface area contributed by atoms with Gasteiger partial charge in [-0.15, -0.1) is 0 Å². The lowest BCUT2D eigenvalue weighted by atomic mass is 9.49. The highest BCUT2D eigenvalue weighted by molar-refractivity contribution is 5.79. The molecule has 0 bridgehead atoms. The van der Waals surface area contributed by atoms with Crippen LogP contribution < -0.4 is 10.6 Å². The molecule has 1 heterocycles. The molecule has 0 radical (unpaired) electrons. The standard InChI is InChI=1S/C21H25FN4O2/c1-14-7-10-23-26(14)13-20(28)25-18-12-17(21(18)8-2-9-21)24-19(27)11-15-3-5-16(22)6-4-15/h3-7,10,17-18H,2,8-9,11-13H2,1H3,(H,24,27)(H,25,28). The predicted octanol–water partition coefficient (Wildman–Crippen LogP) is 2.12. The first-order valence-electron chi connectivity index (χ1n) is 9.78. The molecule has 1 spiro atoms. The maximum absolute atomic E-state index is 13.0. The molecule has 0 aliphatic heterocycles. The third-order valence-electron chi connectivity index (χ3n) is 6.31. The topological polar surface area (TPSA) is 76.0 Å². The van der Waals surface area contributed by atoms with E-state index < -0.39 is 0 Å². The summed E-state index contributed by atoms with van der Waals surface area (Å²) in [6, 6.07) is 8.06. The summed E-state index contributed by atoms with van der Waals surface area (Å²) in [4.78, 5) is 24.8. The van der Waals surface area contributed by atoms with Crippen molar-refractivity contribution in [2.24, 2.45) is 5.41 Å². The number of halogens is 1. The summed E-state index contributed by atoms with van der Waals surface area (Å²) >= 11 is 0. The van der Waals surface area contributed by atoms with E-state index in [0.29, 0.717) is 0 Å². The summed E-state index contributed by atoms with van der Waals surface area (Å²) in [5.74, 6) is -0.403. The van der Waals surface area contributed by atoms with Gasteiger partial charge < -0.3 is 10.6 Å². The highest BCUT2D eigenvalue weighted by atomic mass is 19.1. The number of hydrogen-bond donors (Lipinski definition) is 2. The van der Waals surface area contributed by atoms with Gasteiger partial charge in [0.05, 0.1) is 6.42 Å². The van der Waals surface area contributed by atoms with Crippen LogP contribution in [0.1, 0.15) is 36.9 Å². The summed E-state index contributed by atoms with van der Waals surface area (Å²) in [5.41, 5.74) is 1.72. The number of amides is 2. The minimum Gasteiger partial charge on any atom is -0.352 e. The lowest BCUT2D eigenvalue weighted by molar-refractivity contribution is -0.134. The van der Waals surface area contributed by atoms with Crippen molar-refractivity contribution in [3.8, 4) is 0 Å². The van der Waals surface area contributed by atoms with Gasteiger partial charge in [-0.2, -0.15) is 5.10 Å². The van der Waals surface area contributed by atoms with Gasteiger partial charge in [0, 0.05) is 29.4 Å². The van der Waals surface area contributed by atoms with Crippen molar-refractivity contribution in [3.05, 3.63) is 53.6 Å². The molecule has 148 valence electrons. The summed E-state index contributed by atoms with van der Waals surface area (Å²) in [5, 5.41) is 10.4. The van der Waals surface area contributed by atoms with Crippen LogP contribution in [0.25, 0.3) is 0 Å². The normalized spacial score (nSPS) is 22.2. The molecule has 2 N–H and O–H groups in total. The fourth-order valence-electron chi connectivity index (χ4n) is 4.45. The Hall–Kier alpha value is -2.70. The molecule has 1 aromatic heterocycles. The third-order valence-corrected chi connectivity index (χ3v) is 6.31. The van der Waals surface area contributed by atoms with E-state index in [9.17, 15) is 14.0 Å². The van der Waals surface area contributed by atoms with Crippen LogP contribution >= 0.6 is 0 Å². The van der Waals surface area contributed by atoms with Crippen LogP contribution in [0.5, 0.6) is 0 Å². The Kier molecular flexibility index (Phi) is 4.91. The molecule has 4 rings (SSSR count). The lowest BCUT2D eigenvalue weighted by Gasteiger charge is -2.61. The number of carbonyl (C=O) groups excluding carboxylic acids is 2. The quantitative estimate of drug-likeness (QED) is 0.801. The molecule has 0 saturated heterocycles. The van der Waals surface area contributed by atoms with Gasteiger partial charge >= 0.3 is 0 Å². The van der Waals surface area contributed by atoms with E-state index in [0.717, 1.165) is 36.9 Å². The van der Waals surface area contributed by atoms with Gasteiger partial charge in [-0.05, 0) is 49.9 Å². The third kappa shape index (κ3) is 3.53. The van der Waals surface area contributed by atoms with E-state index in [1.807, 2.05) is 13.0 Å². The van der Waals surface area contributed by atoms with E-state index in [2.05, 4.69) is 15.7 Å². The van der Waals surface area contributed by atoms with Crippen molar-refractivity contribution in [1.29, 1.82) is 0 Å². The molecule has 2 saturated carbocycles. The minimum atomic E-state index is -0.305. The Balaban J connectivity index is 1.31. The Bertz CT molecular complexity index is 873. The zero-order valence-corrected chi connectivity index (χ0v) is 16.0. The van der Waals surface area contributed by atoms with Crippen molar-refractivity contribution in [1.82, 2.24) is 20.4 Å². The second kappa shape index (κ2) is 7.37. The van der Waals surface area contributed by atoms with E-state index in [-0.39, 0.29) is 48.1 Å². The van der Waals surface area contributed by atoms with Crippen molar-refractivity contribution >= 4 is 11.8 Å². The second-order valence-corrected chi connectivity index (χ2v) is 8.00. The molecular formula is C21H25FN4O2. The van der Waals surface area contributed by atoms with Crippen LogP contribution in [0, 0.1) is 18.2 Å². The Morgan fingerprint density at radius 1 is 1.14 bits per heavy atom. The van der Waals surface area contributed by atoms with E-state index >= 15 is 0 Å². The number of aromatic nitrogens is 2. The summed E-state index contributed by atoms with van der Waals surface area (Å²) in [7, 11) is 0. The second-order valence-electron chi connectivity index (χ2n) is 8.00. The molecule has 2 atom stereocenters. The first-order chi connectivity index (χ1) is 13.5. The van der Waals surface area contributed by atoms with Crippen LogP contribution in [0.3, 0.4) is 0 Å². The van der Waals surface area contributed by atoms with Gasteiger partial charge in [-0.3, -0.25) is 14.3 Å². The van der Waals surface area contributed by atoms with Crippen LogP contribution in [-0.4, -0.2) is 33.7 Å². The maximum atomic E-state index is 13.0. The van der Waals surface area contributed by atoms with E-state index in [1.54, 1.807) is 23.0 Å². The SMILES string of the molecule is Cc1ccnn1CC(=O)NC1CC(NC(=O)Cc2ccc(F)cc2)C12CCC2. The Morgan fingerprint density at radius 3 is 2.39 bits per heavy atom. The highest BCUT2D eigenvalue weighted by Crippen LogP contribution is 2.56. The Morgan fingerprint density at radius 2 is 1.82 bits per heavy atom. The largest absolute Gasteiger partial charge is 0.352 e. The lowest BCUT2D eigenvalue weighted by Crippen LogP contribution is -2.71. The molecule has 2 aliphatic carbocycles. The van der Waals surface area contributed by atoms with Gasteiger partial charge in [0.15, 0.2) is 0 Å². The summed E-state index contributed by atoms with van der Waals surface area (Å²) in [6.45, 7) is 2.14. The number of nitrogens with one attached hydrogen (secondary N) is 2. The van der Waals surface area contributed by atoms with Gasteiger partial charge in [0.25, 0.3) is 0 Å². The van der Waals surface area contributed by atoms with Crippen LogP contribution in [-0.2, 0) is 22.6 Å². The molecule has 2 unspecified atom stereocenters. The molecule has 28 heavy (non-hydrogen) atoms. The molecule has 2 aromatic rings. The monoisotopic (exact) mass is 384 g/mol. The molecular weight excluding hydrogens is 359 g/mol. The Labute approximate surface area is 163 Å². The smallest absolute Gasteiger partial charge is 0.241 e. The molecule has 1 aromatic carbocycles. The molecule has 2 fully saturated rings. The first-order valence-corrected chi connectivity index (χ1v) is 9.78. The average Bonchev–Trinajstić information content (AvgIpc) is 2.99. The van der Waals surface area contributed by atoms with Crippen molar-refractivity contribution in [2.45, 2.75) is 57.7 Å². The number of hydrogen-bond acceptors (Lipinski definition) is 3. The highest BCUT2D eigenvalue weighted by Gasteiger charge is 2.59. The van der Waals surface area contributed by atoms with Crippen molar-refractivity contribution in [3.63, 3.8) is 0 Å². The fraction of sp³-hybridized carbons (Fsp3) is 0.476. The van der Waals surface area contributed by atoms with Crippen molar-refractivity contribution < 1.29 is 14.0 Å². The number of rotatable bonds is 6. The predicted molar refractivity (Wildman–Crippen MR) is 102 cm³/mol. The number of carbonyl (C=O) groups is 2. The van der Waals surface area contributed by atoms with E-state index in [1.165, 1.54) is 12.1 Å². The van der Waals surface area contributed by atoms with Gasteiger partial charge in [-0.1, -0.05) is 18.6 Å².